The lowest BCUT2D eigenvalue weighted by atomic mass is 10.2. The summed E-state index contributed by atoms with van der Waals surface area (Å²) < 4.78 is 29.3. The average Bonchev–Trinajstić information content (AvgIpc) is 3.29. The van der Waals surface area contributed by atoms with Gasteiger partial charge in [0.25, 0.3) is 5.56 Å². The standard InChI is InChI=1S/C22H23N5O3S2/c1-15-7-9-16(10-8-15)26-20(28)18-5-3-4-6-19(18)27-21(26)23-25(22(27)31)14-24(2)17-11-12-32(29,30)13-17/h3-10,17H,11-14H2,1-2H3. The molecule has 1 aliphatic rings. The van der Waals surface area contributed by atoms with Gasteiger partial charge in [-0.05, 0) is 56.9 Å². The van der Waals surface area contributed by atoms with Crippen LogP contribution in [-0.2, 0) is 16.5 Å². The molecule has 1 saturated heterocycles. The van der Waals surface area contributed by atoms with Crippen LogP contribution in [-0.4, -0.2) is 56.7 Å². The number of hydrogen-bond donors (Lipinski definition) is 0. The fourth-order valence-electron chi connectivity index (χ4n) is 4.28. The second-order valence-corrected chi connectivity index (χ2v) is 11.0. The lowest BCUT2D eigenvalue weighted by Gasteiger charge is -2.22. The minimum absolute atomic E-state index is 0.0808. The Balaban J connectivity index is 1.71. The van der Waals surface area contributed by atoms with Crippen molar-refractivity contribution in [2.24, 2.45) is 0 Å². The van der Waals surface area contributed by atoms with E-state index in [1.54, 1.807) is 15.3 Å². The first kappa shape index (κ1) is 21.0. The highest BCUT2D eigenvalue weighted by atomic mass is 32.2. The molecule has 4 aromatic rings. The zero-order chi connectivity index (χ0) is 22.6. The summed E-state index contributed by atoms with van der Waals surface area (Å²) in [6, 6.07) is 15.0. The maximum absolute atomic E-state index is 13.4. The van der Waals surface area contributed by atoms with Gasteiger partial charge in [0.1, 0.15) is 0 Å². The van der Waals surface area contributed by atoms with Gasteiger partial charge < -0.3 is 0 Å². The van der Waals surface area contributed by atoms with Crippen molar-refractivity contribution in [3.05, 3.63) is 69.2 Å². The smallest absolute Gasteiger partial charge is 0.267 e. The van der Waals surface area contributed by atoms with Crippen molar-refractivity contribution >= 4 is 38.7 Å². The highest BCUT2D eigenvalue weighted by Crippen LogP contribution is 2.20. The highest BCUT2D eigenvalue weighted by Gasteiger charge is 2.31. The molecule has 0 radical (unpaired) electrons. The number of para-hydroxylation sites is 1. The molecule has 32 heavy (non-hydrogen) atoms. The number of benzene rings is 2. The summed E-state index contributed by atoms with van der Waals surface area (Å²) in [6.45, 7) is 2.32. The first-order chi connectivity index (χ1) is 15.2. The van der Waals surface area contributed by atoms with E-state index < -0.39 is 9.84 Å². The van der Waals surface area contributed by atoms with Crippen molar-refractivity contribution in [3.63, 3.8) is 0 Å². The Bertz CT molecular complexity index is 1570. The molecule has 1 unspecified atom stereocenters. The van der Waals surface area contributed by atoms with Crippen LogP contribution in [0.5, 0.6) is 0 Å². The molecule has 8 nitrogen and oxygen atoms in total. The minimum Gasteiger partial charge on any atom is -0.283 e. The topological polar surface area (TPSA) is 81.6 Å². The van der Waals surface area contributed by atoms with Crippen LogP contribution in [0.4, 0.5) is 0 Å². The Labute approximate surface area is 190 Å². The van der Waals surface area contributed by atoms with Crippen LogP contribution in [0.3, 0.4) is 0 Å². The lowest BCUT2D eigenvalue weighted by Crippen LogP contribution is -2.34. The minimum atomic E-state index is -3.00. The number of aryl methyl sites for hydroxylation is 1. The summed E-state index contributed by atoms with van der Waals surface area (Å²) in [4.78, 5) is 15.4. The van der Waals surface area contributed by atoms with Gasteiger partial charge in [-0.2, -0.15) is 0 Å². The molecule has 10 heteroatoms. The zero-order valence-corrected chi connectivity index (χ0v) is 19.4. The summed E-state index contributed by atoms with van der Waals surface area (Å²) in [5.41, 5.74) is 2.32. The SMILES string of the molecule is Cc1ccc(-n2c(=O)c3ccccc3n3c(=S)n(CN(C)C4CCS(=O)(=O)C4)nc23)cc1. The van der Waals surface area contributed by atoms with E-state index in [0.29, 0.717) is 40.2 Å². The number of aromatic nitrogens is 4. The second-order valence-electron chi connectivity index (χ2n) is 8.37. The summed E-state index contributed by atoms with van der Waals surface area (Å²) in [7, 11) is -1.12. The van der Waals surface area contributed by atoms with Gasteiger partial charge in [-0.15, -0.1) is 5.10 Å². The number of sulfone groups is 1. The molecule has 2 aromatic heterocycles. The molecule has 0 amide bonds. The van der Waals surface area contributed by atoms with E-state index >= 15 is 0 Å². The zero-order valence-electron chi connectivity index (χ0n) is 17.8. The molecular formula is C22H23N5O3S2. The third kappa shape index (κ3) is 3.48. The van der Waals surface area contributed by atoms with Gasteiger partial charge in [0.15, 0.2) is 9.84 Å². The number of fused-ring (bicyclic) bond motifs is 3. The second kappa shape index (κ2) is 7.65. The van der Waals surface area contributed by atoms with Gasteiger partial charge in [0, 0.05) is 6.04 Å². The maximum atomic E-state index is 13.4. The van der Waals surface area contributed by atoms with Crippen molar-refractivity contribution in [1.29, 1.82) is 0 Å². The monoisotopic (exact) mass is 469 g/mol. The molecular weight excluding hydrogens is 446 g/mol. The van der Waals surface area contributed by atoms with Crippen LogP contribution < -0.4 is 5.56 Å². The average molecular weight is 470 g/mol. The fourth-order valence-corrected chi connectivity index (χ4v) is 6.36. The van der Waals surface area contributed by atoms with Crippen molar-refractivity contribution < 1.29 is 8.42 Å². The van der Waals surface area contributed by atoms with Crippen LogP contribution in [0, 0.1) is 11.7 Å². The normalized spacial score (nSPS) is 18.2. The van der Waals surface area contributed by atoms with Crippen molar-refractivity contribution in [1.82, 2.24) is 23.6 Å². The Kier molecular flexibility index (Phi) is 5.03. The molecule has 1 atom stereocenters. The fraction of sp³-hybridized carbons (Fsp3) is 0.318. The Hall–Kier alpha value is -2.82. The van der Waals surface area contributed by atoms with Crippen LogP contribution in [0.15, 0.2) is 53.3 Å². The molecule has 0 saturated carbocycles. The highest BCUT2D eigenvalue weighted by molar-refractivity contribution is 7.91. The van der Waals surface area contributed by atoms with Gasteiger partial charge in [-0.1, -0.05) is 29.8 Å². The van der Waals surface area contributed by atoms with E-state index in [0.717, 1.165) is 5.56 Å². The third-order valence-electron chi connectivity index (χ3n) is 6.08. The van der Waals surface area contributed by atoms with E-state index in [9.17, 15) is 13.2 Å². The summed E-state index contributed by atoms with van der Waals surface area (Å²) >= 11 is 5.77. The maximum Gasteiger partial charge on any atom is 0.267 e. The molecule has 3 heterocycles. The first-order valence-corrected chi connectivity index (χ1v) is 12.6. The van der Waals surface area contributed by atoms with E-state index in [4.69, 9.17) is 17.3 Å². The Morgan fingerprint density at radius 3 is 2.56 bits per heavy atom. The van der Waals surface area contributed by atoms with Gasteiger partial charge in [0.05, 0.1) is 34.8 Å². The van der Waals surface area contributed by atoms with Crippen LogP contribution >= 0.6 is 12.2 Å². The number of hydrogen-bond acceptors (Lipinski definition) is 6. The van der Waals surface area contributed by atoms with E-state index in [1.165, 1.54) is 0 Å². The van der Waals surface area contributed by atoms with Gasteiger partial charge in [0.2, 0.25) is 10.5 Å². The number of rotatable bonds is 4. The van der Waals surface area contributed by atoms with Crippen LogP contribution in [0.1, 0.15) is 12.0 Å². The molecule has 1 aliphatic heterocycles. The van der Waals surface area contributed by atoms with E-state index in [-0.39, 0.29) is 23.1 Å². The van der Waals surface area contributed by atoms with Crippen LogP contribution in [0.25, 0.3) is 22.4 Å². The van der Waals surface area contributed by atoms with Crippen molar-refractivity contribution in [2.75, 3.05) is 18.6 Å². The molecule has 1 fully saturated rings. The third-order valence-corrected chi connectivity index (χ3v) is 8.23. The molecule has 2 aromatic carbocycles. The van der Waals surface area contributed by atoms with Gasteiger partial charge in [-0.3, -0.25) is 14.1 Å². The Morgan fingerprint density at radius 2 is 1.88 bits per heavy atom. The largest absolute Gasteiger partial charge is 0.283 e. The van der Waals surface area contributed by atoms with Crippen LogP contribution in [0.2, 0.25) is 0 Å². The van der Waals surface area contributed by atoms with Crippen molar-refractivity contribution in [2.45, 2.75) is 26.1 Å². The van der Waals surface area contributed by atoms with Gasteiger partial charge in [-0.25, -0.2) is 17.7 Å². The first-order valence-electron chi connectivity index (χ1n) is 10.4. The van der Waals surface area contributed by atoms with E-state index in [1.807, 2.05) is 65.7 Å². The summed E-state index contributed by atoms with van der Waals surface area (Å²) in [5.74, 6) is 0.771. The molecule has 0 aliphatic carbocycles. The quantitative estimate of drug-likeness (QED) is 0.427. The molecule has 5 rings (SSSR count). The number of nitrogens with zero attached hydrogens (tertiary/aromatic N) is 5. The summed E-state index contributed by atoms with van der Waals surface area (Å²) in [6.07, 6.45) is 0.594. The van der Waals surface area contributed by atoms with Crippen molar-refractivity contribution in [3.8, 4) is 5.69 Å². The molecule has 0 N–H and O–H groups in total. The Morgan fingerprint density at radius 1 is 1.16 bits per heavy atom. The predicted molar refractivity (Wildman–Crippen MR) is 127 cm³/mol. The lowest BCUT2D eigenvalue weighted by molar-refractivity contribution is 0.197. The molecule has 166 valence electrons. The van der Waals surface area contributed by atoms with E-state index in [2.05, 4.69) is 0 Å². The predicted octanol–water partition coefficient (Wildman–Crippen LogP) is 2.55. The molecule has 0 bridgehead atoms. The van der Waals surface area contributed by atoms with Gasteiger partial charge >= 0.3 is 0 Å². The molecule has 0 spiro atoms. The summed E-state index contributed by atoms with van der Waals surface area (Å²) in [5, 5.41) is 5.26.